The molecule has 3 rings (SSSR count). The molecule has 26 heavy (non-hydrogen) atoms. The lowest BCUT2D eigenvalue weighted by molar-refractivity contribution is -0.121. The number of carbonyl (C=O) groups excluding carboxylic acids is 1. The average Bonchev–Trinajstić information content (AvgIpc) is 3.12. The molecule has 2 aromatic rings. The molecule has 1 fully saturated rings. The Morgan fingerprint density at radius 1 is 1.23 bits per heavy atom. The van der Waals surface area contributed by atoms with Crippen LogP contribution >= 0.6 is 11.6 Å². The Kier molecular flexibility index (Phi) is 5.82. The minimum atomic E-state index is -0.824. The Bertz CT molecular complexity index is 787. The van der Waals surface area contributed by atoms with Crippen LogP contribution in [-0.4, -0.2) is 12.5 Å². The highest BCUT2D eigenvalue weighted by molar-refractivity contribution is 6.32. The molecule has 0 unspecified atom stereocenters. The highest BCUT2D eigenvalue weighted by Crippen LogP contribution is 2.43. The normalized spacial score (nSPS) is 15.7. The molecular formula is C21H23ClFNO2. The van der Waals surface area contributed by atoms with Gasteiger partial charge >= 0.3 is 0 Å². The van der Waals surface area contributed by atoms with Crippen LogP contribution in [0, 0.1) is 5.82 Å². The van der Waals surface area contributed by atoms with E-state index < -0.39 is 5.41 Å². The third kappa shape index (κ3) is 3.70. The van der Waals surface area contributed by atoms with Gasteiger partial charge in [0.2, 0.25) is 5.91 Å². The number of hydrogen-bond donors (Lipinski definition) is 1. The fraction of sp³-hybridized carbons (Fsp3) is 0.381. The first-order valence-corrected chi connectivity index (χ1v) is 9.43. The number of nitrogens with one attached hydrogen (secondary N) is 1. The lowest BCUT2D eigenvalue weighted by Gasteiger charge is -2.28. The smallest absolute Gasteiger partial charge is 0.235 e. The molecule has 0 atom stereocenters. The van der Waals surface area contributed by atoms with Gasteiger partial charge in [-0.15, -0.1) is 0 Å². The molecule has 0 bridgehead atoms. The number of anilines is 1. The number of rotatable bonds is 6. The Morgan fingerprint density at radius 2 is 1.96 bits per heavy atom. The maximum absolute atomic E-state index is 14.4. The molecule has 0 aliphatic heterocycles. The van der Waals surface area contributed by atoms with Crippen LogP contribution < -0.4 is 10.1 Å². The van der Waals surface area contributed by atoms with E-state index in [1.807, 2.05) is 6.92 Å². The summed E-state index contributed by atoms with van der Waals surface area (Å²) < 4.78 is 20.0. The molecule has 0 radical (unpaired) electrons. The molecule has 1 amide bonds. The third-order valence-corrected chi connectivity index (χ3v) is 5.23. The van der Waals surface area contributed by atoms with Gasteiger partial charge in [0.25, 0.3) is 0 Å². The number of hydrogen-bond acceptors (Lipinski definition) is 2. The van der Waals surface area contributed by atoms with Gasteiger partial charge in [-0.25, -0.2) is 4.39 Å². The van der Waals surface area contributed by atoms with Crippen molar-refractivity contribution >= 4 is 23.2 Å². The van der Waals surface area contributed by atoms with Gasteiger partial charge < -0.3 is 10.1 Å². The molecule has 1 aliphatic carbocycles. The molecule has 1 N–H and O–H groups in total. The molecule has 2 aromatic carbocycles. The van der Waals surface area contributed by atoms with Gasteiger partial charge in [0.05, 0.1) is 17.0 Å². The molecule has 0 aromatic heterocycles. The zero-order valence-corrected chi connectivity index (χ0v) is 15.6. The second-order valence-electron chi connectivity index (χ2n) is 6.72. The maximum Gasteiger partial charge on any atom is 0.235 e. The number of amides is 1. The summed E-state index contributed by atoms with van der Waals surface area (Å²) >= 11 is 6.25. The number of halogens is 2. The Morgan fingerprint density at radius 3 is 2.62 bits per heavy atom. The predicted molar refractivity (Wildman–Crippen MR) is 102 cm³/mol. The first kappa shape index (κ1) is 18.7. The first-order chi connectivity index (χ1) is 12.6. The van der Waals surface area contributed by atoms with Crippen LogP contribution in [0.25, 0.3) is 0 Å². The molecule has 138 valence electrons. The van der Waals surface area contributed by atoms with Crippen LogP contribution in [0.15, 0.2) is 42.5 Å². The Balaban J connectivity index is 1.83. The summed E-state index contributed by atoms with van der Waals surface area (Å²) in [5.41, 5.74) is 0.241. The molecule has 3 nitrogen and oxygen atoms in total. The summed E-state index contributed by atoms with van der Waals surface area (Å²) in [6.07, 6.45) is 4.00. The average molecular weight is 376 g/mol. The van der Waals surface area contributed by atoms with Crippen LogP contribution in [0.5, 0.6) is 5.75 Å². The quantitative estimate of drug-likeness (QED) is 0.701. The summed E-state index contributed by atoms with van der Waals surface area (Å²) in [6, 6.07) is 11.7. The molecule has 1 saturated carbocycles. The van der Waals surface area contributed by atoms with Crippen molar-refractivity contribution in [1.82, 2.24) is 0 Å². The topological polar surface area (TPSA) is 38.3 Å². The van der Waals surface area contributed by atoms with Crippen LogP contribution in [0.4, 0.5) is 10.1 Å². The second kappa shape index (κ2) is 8.09. The van der Waals surface area contributed by atoms with E-state index in [0.717, 1.165) is 19.3 Å². The standard InChI is InChI=1S/C21H23ClFNO2/c1-2-13-26-19-10-9-15(14-17(19)22)24-20(25)21(11-5-6-12-21)16-7-3-4-8-18(16)23/h3-4,7-10,14H,2,5-6,11-13H2,1H3,(H,24,25). The van der Waals surface area contributed by atoms with Gasteiger partial charge in [0.15, 0.2) is 0 Å². The van der Waals surface area contributed by atoms with Crippen LogP contribution in [-0.2, 0) is 10.2 Å². The van der Waals surface area contributed by atoms with E-state index in [0.29, 0.717) is 41.5 Å². The molecule has 0 spiro atoms. The van der Waals surface area contributed by atoms with E-state index >= 15 is 0 Å². The number of ether oxygens (including phenoxy) is 1. The van der Waals surface area contributed by atoms with E-state index in [1.54, 1.807) is 36.4 Å². The van der Waals surface area contributed by atoms with Gasteiger partial charge in [0.1, 0.15) is 11.6 Å². The summed E-state index contributed by atoms with van der Waals surface area (Å²) in [4.78, 5) is 13.1. The minimum Gasteiger partial charge on any atom is -0.492 e. The van der Waals surface area contributed by atoms with E-state index in [4.69, 9.17) is 16.3 Å². The molecule has 0 saturated heterocycles. The highest BCUT2D eigenvalue weighted by Gasteiger charge is 2.44. The largest absolute Gasteiger partial charge is 0.492 e. The van der Waals surface area contributed by atoms with E-state index in [9.17, 15) is 9.18 Å². The van der Waals surface area contributed by atoms with Crippen molar-refractivity contribution in [2.45, 2.75) is 44.4 Å². The first-order valence-electron chi connectivity index (χ1n) is 9.05. The van der Waals surface area contributed by atoms with Crippen molar-refractivity contribution in [2.75, 3.05) is 11.9 Å². The zero-order chi connectivity index (χ0) is 18.6. The summed E-state index contributed by atoms with van der Waals surface area (Å²) in [7, 11) is 0. The maximum atomic E-state index is 14.4. The zero-order valence-electron chi connectivity index (χ0n) is 14.9. The van der Waals surface area contributed by atoms with Crippen molar-refractivity contribution in [3.05, 3.63) is 58.9 Å². The van der Waals surface area contributed by atoms with E-state index in [1.165, 1.54) is 6.07 Å². The summed E-state index contributed by atoms with van der Waals surface area (Å²) in [5, 5.41) is 3.38. The number of carbonyl (C=O) groups is 1. The van der Waals surface area contributed by atoms with E-state index in [2.05, 4.69) is 5.32 Å². The van der Waals surface area contributed by atoms with Gasteiger partial charge in [0, 0.05) is 11.3 Å². The SMILES string of the molecule is CCCOc1ccc(NC(=O)C2(c3ccccc3F)CCCC2)cc1Cl. The molecular weight excluding hydrogens is 353 g/mol. The fourth-order valence-corrected chi connectivity index (χ4v) is 3.84. The van der Waals surface area contributed by atoms with Gasteiger partial charge in [-0.1, -0.05) is 49.6 Å². The minimum absolute atomic E-state index is 0.182. The predicted octanol–water partition coefficient (Wildman–Crippen LogP) is 5.72. The number of benzene rings is 2. The van der Waals surface area contributed by atoms with Crippen molar-refractivity contribution in [2.24, 2.45) is 0 Å². The fourth-order valence-electron chi connectivity index (χ4n) is 3.60. The van der Waals surface area contributed by atoms with Crippen LogP contribution in [0.3, 0.4) is 0 Å². The van der Waals surface area contributed by atoms with Gasteiger partial charge in [-0.3, -0.25) is 4.79 Å². The van der Waals surface area contributed by atoms with E-state index in [-0.39, 0.29) is 11.7 Å². The lowest BCUT2D eigenvalue weighted by Crippen LogP contribution is -2.38. The Labute approximate surface area is 158 Å². The Hall–Kier alpha value is -2.07. The summed E-state index contributed by atoms with van der Waals surface area (Å²) in [6.45, 7) is 2.61. The van der Waals surface area contributed by atoms with Gasteiger partial charge in [-0.2, -0.15) is 0 Å². The monoisotopic (exact) mass is 375 g/mol. The molecule has 0 heterocycles. The van der Waals surface area contributed by atoms with Crippen LogP contribution in [0.2, 0.25) is 5.02 Å². The highest BCUT2D eigenvalue weighted by atomic mass is 35.5. The lowest BCUT2D eigenvalue weighted by atomic mass is 9.77. The van der Waals surface area contributed by atoms with Crippen molar-refractivity contribution in [3.63, 3.8) is 0 Å². The molecule has 1 aliphatic rings. The van der Waals surface area contributed by atoms with Crippen LogP contribution in [0.1, 0.15) is 44.6 Å². The molecule has 5 heteroatoms. The second-order valence-corrected chi connectivity index (χ2v) is 7.12. The van der Waals surface area contributed by atoms with Crippen molar-refractivity contribution in [1.29, 1.82) is 0 Å². The summed E-state index contributed by atoms with van der Waals surface area (Å²) in [5.74, 6) is 0.0838. The van der Waals surface area contributed by atoms with Gasteiger partial charge in [-0.05, 0) is 43.5 Å². The van der Waals surface area contributed by atoms with Crippen molar-refractivity contribution in [3.8, 4) is 5.75 Å². The van der Waals surface area contributed by atoms with Crippen molar-refractivity contribution < 1.29 is 13.9 Å². The third-order valence-electron chi connectivity index (χ3n) is 4.93.